The predicted molar refractivity (Wildman–Crippen MR) is 66.6 cm³/mol. The van der Waals surface area contributed by atoms with E-state index >= 15 is 0 Å². The Morgan fingerprint density at radius 2 is 1.94 bits per heavy atom. The Hall–Kier alpha value is -0.610. The largest absolute Gasteiger partial charge is 0.391 e. The number of amides is 1. The van der Waals surface area contributed by atoms with Crippen molar-refractivity contribution < 1.29 is 9.90 Å². The van der Waals surface area contributed by atoms with Crippen LogP contribution in [0.1, 0.15) is 40.0 Å². The lowest BCUT2D eigenvalue weighted by molar-refractivity contribution is -0.155. The fourth-order valence-corrected chi connectivity index (χ4v) is 3.28. The molecule has 0 radical (unpaired) electrons. The summed E-state index contributed by atoms with van der Waals surface area (Å²) in [4.78, 5) is 13.7. The Balaban J connectivity index is 2.22. The van der Waals surface area contributed by atoms with Gasteiger partial charge in [0, 0.05) is 13.5 Å². The van der Waals surface area contributed by atoms with Crippen LogP contribution >= 0.6 is 0 Å². The maximum Gasteiger partial charge on any atom is 0.219 e. The number of piperidine rings is 2. The van der Waals surface area contributed by atoms with Crippen molar-refractivity contribution in [1.29, 1.82) is 0 Å². The first kappa shape index (κ1) is 12.8. The highest BCUT2D eigenvalue weighted by atomic mass is 16.3. The van der Waals surface area contributed by atoms with Crippen molar-refractivity contribution in [1.82, 2.24) is 10.2 Å². The Kier molecular flexibility index (Phi) is 3.21. The second-order valence-electron chi connectivity index (χ2n) is 6.23. The number of nitrogens with one attached hydrogen (secondary N) is 1. The van der Waals surface area contributed by atoms with Crippen molar-refractivity contribution in [2.45, 2.75) is 51.7 Å². The van der Waals surface area contributed by atoms with Crippen LogP contribution in [-0.4, -0.2) is 47.2 Å². The van der Waals surface area contributed by atoms with Crippen molar-refractivity contribution in [2.24, 2.45) is 5.41 Å². The summed E-state index contributed by atoms with van der Waals surface area (Å²) in [6, 6.07) is 0. The maximum atomic E-state index is 11.8. The molecule has 0 bridgehead atoms. The molecule has 2 heterocycles. The normalized spacial score (nSPS) is 31.5. The first-order valence-corrected chi connectivity index (χ1v) is 6.54. The van der Waals surface area contributed by atoms with E-state index in [0.717, 1.165) is 38.9 Å². The van der Waals surface area contributed by atoms with Gasteiger partial charge in [-0.05, 0) is 51.6 Å². The number of aliphatic hydroxyl groups is 1. The maximum absolute atomic E-state index is 11.8. The minimum Gasteiger partial charge on any atom is -0.391 e. The Morgan fingerprint density at radius 1 is 1.35 bits per heavy atom. The van der Waals surface area contributed by atoms with Crippen LogP contribution in [0, 0.1) is 5.41 Å². The van der Waals surface area contributed by atoms with Gasteiger partial charge in [-0.2, -0.15) is 0 Å². The number of carbonyl (C=O) groups excluding carboxylic acids is 1. The minimum absolute atomic E-state index is 0.0756. The zero-order valence-corrected chi connectivity index (χ0v) is 11.1. The van der Waals surface area contributed by atoms with Gasteiger partial charge in [0.2, 0.25) is 5.91 Å². The highest BCUT2D eigenvalue weighted by Gasteiger charge is 2.49. The molecular formula is C13H24N2O2. The molecular weight excluding hydrogens is 216 g/mol. The van der Waals surface area contributed by atoms with Crippen LogP contribution in [0.5, 0.6) is 0 Å². The number of rotatable bonds is 0. The molecule has 0 aromatic rings. The quantitative estimate of drug-likeness (QED) is 0.657. The topological polar surface area (TPSA) is 52.6 Å². The molecule has 2 aliphatic rings. The lowest BCUT2D eigenvalue weighted by Crippen LogP contribution is -2.64. The van der Waals surface area contributed by atoms with Crippen molar-refractivity contribution in [2.75, 3.05) is 19.6 Å². The van der Waals surface area contributed by atoms with Crippen molar-refractivity contribution in [3.8, 4) is 0 Å². The lowest BCUT2D eigenvalue weighted by atomic mass is 9.67. The second kappa shape index (κ2) is 4.25. The average Bonchev–Trinajstić information content (AvgIpc) is 2.25. The fraction of sp³-hybridized carbons (Fsp3) is 0.923. The van der Waals surface area contributed by atoms with Crippen LogP contribution in [0.4, 0.5) is 0 Å². The van der Waals surface area contributed by atoms with Gasteiger partial charge in [-0.1, -0.05) is 0 Å². The summed E-state index contributed by atoms with van der Waals surface area (Å²) < 4.78 is 0. The van der Waals surface area contributed by atoms with Gasteiger partial charge < -0.3 is 15.3 Å². The highest BCUT2D eigenvalue weighted by Crippen LogP contribution is 2.43. The molecule has 1 spiro atoms. The third-order valence-electron chi connectivity index (χ3n) is 4.68. The van der Waals surface area contributed by atoms with Crippen LogP contribution in [0.2, 0.25) is 0 Å². The number of aliphatic hydroxyl groups excluding tert-OH is 1. The molecule has 1 unspecified atom stereocenters. The average molecular weight is 240 g/mol. The van der Waals surface area contributed by atoms with Gasteiger partial charge >= 0.3 is 0 Å². The number of nitrogens with zero attached hydrogens (tertiary/aromatic N) is 1. The van der Waals surface area contributed by atoms with E-state index in [-0.39, 0.29) is 11.3 Å². The van der Waals surface area contributed by atoms with Crippen LogP contribution in [0.3, 0.4) is 0 Å². The molecule has 0 saturated carbocycles. The zero-order chi connectivity index (χ0) is 12.7. The van der Waals surface area contributed by atoms with E-state index in [2.05, 4.69) is 5.32 Å². The van der Waals surface area contributed by atoms with Gasteiger partial charge in [0.05, 0.1) is 11.6 Å². The third-order valence-corrected chi connectivity index (χ3v) is 4.68. The first-order chi connectivity index (χ1) is 7.87. The van der Waals surface area contributed by atoms with Crippen LogP contribution in [0.25, 0.3) is 0 Å². The van der Waals surface area contributed by atoms with E-state index < -0.39 is 11.6 Å². The molecule has 17 heavy (non-hydrogen) atoms. The summed E-state index contributed by atoms with van der Waals surface area (Å²) in [6.45, 7) is 8.33. The molecule has 98 valence electrons. The molecule has 1 amide bonds. The summed E-state index contributed by atoms with van der Waals surface area (Å²) in [5, 5.41) is 13.7. The SMILES string of the molecule is CC(=O)N1CC2(CCNCC2)CC(O)C1(C)C. The van der Waals surface area contributed by atoms with E-state index in [4.69, 9.17) is 0 Å². The van der Waals surface area contributed by atoms with E-state index in [1.165, 1.54) is 0 Å². The Bertz CT molecular complexity index is 309. The lowest BCUT2D eigenvalue weighted by Gasteiger charge is -2.55. The van der Waals surface area contributed by atoms with E-state index in [1.807, 2.05) is 18.7 Å². The molecule has 2 rings (SSSR count). The summed E-state index contributed by atoms with van der Waals surface area (Å²) >= 11 is 0. The number of likely N-dealkylation sites (tertiary alicyclic amines) is 1. The number of hydrogen-bond donors (Lipinski definition) is 2. The molecule has 2 saturated heterocycles. The first-order valence-electron chi connectivity index (χ1n) is 6.54. The Labute approximate surface area is 103 Å². The summed E-state index contributed by atoms with van der Waals surface area (Å²) in [5.41, 5.74) is -0.298. The van der Waals surface area contributed by atoms with E-state index in [1.54, 1.807) is 6.92 Å². The summed E-state index contributed by atoms with van der Waals surface area (Å²) in [6.07, 6.45) is 2.53. The molecule has 0 aliphatic carbocycles. The van der Waals surface area contributed by atoms with Crippen molar-refractivity contribution >= 4 is 5.91 Å². The smallest absolute Gasteiger partial charge is 0.219 e. The zero-order valence-electron chi connectivity index (χ0n) is 11.1. The molecule has 1 atom stereocenters. The third kappa shape index (κ3) is 2.20. The van der Waals surface area contributed by atoms with Gasteiger partial charge in [0.15, 0.2) is 0 Å². The monoisotopic (exact) mass is 240 g/mol. The van der Waals surface area contributed by atoms with Gasteiger partial charge in [0.1, 0.15) is 0 Å². The van der Waals surface area contributed by atoms with Crippen molar-refractivity contribution in [3.63, 3.8) is 0 Å². The summed E-state index contributed by atoms with van der Waals surface area (Å²) in [5.74, 6) is 0.0756. The van der Waals surface area contributed by atoms with Gasteiger partial charge in [-0.3, -0.25) is 4.79 Å². The molecule has 4 nitrogen and oxygen atoms in total. The highest BCUT2D eigenvalue weighted by molar-refractivity contribution is 5.74. The molecule has 0 aromatic carbocycles. The van der Waals surface area contributed by atoms with Crippen LogP contribution in [0.15, 0.2) is 0 Å². The van der Waals surface area contributed by atoms with Gasteiger partial charge in [-0.15, -0.1) is 0 Å². The summed E-state index contributed by atoms with van der Waals surface area (Å²) in [7, 11) is 0. The molecule has 4 heteroatoms. The van der Waals surface area contributed by atoms with Gasteiger partial charge in [0.25, 0.3) is 0 Å². The molecule has 0 aromatic heterocycles. The molecule has 2 fully saturated rings. The van der Waals surface area contributed by atoms with E-state index in [0.29, 0.717) is 0 Å². The molecule has 2 N–H and O–H groups in total. The second-order valence-corrected chi connectivity index (χ2v) is 6.23. The van der Waals surface area contributed by atoms with Crippen LogP contribution in [-0.2, 0) is 4.79 Å². The standard InChI is InChI=1S/C13H24N2O2/c1-10(16)15-9-13(4-6-14-7-5-13)8-11(17)12(15,2)3/h11,14,17H,4-9H2,1-3H3. The van der Waals surface area contributed by atoms with Crippen molar-refractivity contribution in [3.05, 3.63) is 0 Å². The predicted octanol–water partition coefficient (Wildman–Crippen LogP) is 0.748. The molecule has 2 aliphatic heterocycles. The number of hydrogen-bond acceptors (Lipinski definition) is 3. The Morgan fingerprint density at radius 3 is 2.47 bits per heavy atom. The number of carbonyl (C=O) groups is 1. The van der Waals surface area contributed by atoms with Crippen LogP contribution < -0.4 is 5.32 Å². The minimum atomic E-state index is -0.429. The van der Waals surface area contributed by atoms with E-state index in [9.17, 15) is 9.90 Å². The van der Waals surface area contributed by atoms with Gasteiger partial charge in [-0.25, -0.2) is 0 Å². The fourth-order valence-electron chi connectivity index (χ4n) is 3.28.